The second kappa shape index (κ2) is 6.45. The molecule has 0 saturated heterocycles. The first-order chi connectivity index (χ1) is 4.54. The molecule has 0 aromatic heterocycles. The van der Waals surface area contributed by atoms with Crippen LogP contribution in [-0.4, -0.2) is 18.5 Å². The van der Waals surface area contributed by atoms with Gasteiger partial charge in [-0.1, -0.05) is 6.92 Å². The van der Waals surface area contributed by atoms with E-state index in [9.17, 15) is 14.7 Å². The predicted molar refractivity (Wildman–Crippen MR) is 31.8 cm³/mol. The fraction of sp³-hybridized carbons (Fsp3) is 0.600. The van der Waals surface area contributed by atoms with Crippen LogP contribution in [0.25, 0.3) is 0 Å². The van der Waals surface area contributed by atoms with Crippen molar-refractivity contribution in [2.45, 2.75) is 6.92 Å². The number of aliphatic carboxylic acids is 1. The molecule has 0 heterocycles. The van der Waals surface area contributed by atoms with E-state index in [0.29, 0.717) is 0 Å². The Bertz CT molecular complexity index is 151. The minimum Gasteiger partial charge on any atom is -0.550 e. The minimum absolute atomic E-state index is 0. The summed E-state index contributed by atoms with van der Waals surface area (Å²) < 4.78 is 0. The van der Waals surface area contributed by atoms with E-state index in [1.165, 1.54) is 6.92 Å². The van der Waals surface area contributed by atoms with Crippen LogP contribution in [0.4, 0.5) is 4.79 Å². The molecule has 11 heavy (non-hydrogen) atoms. The maximum Gasteiger partial charge on any atom is 1.00 e. The zero-order valence-corrected chi connectivity index (χ0v) is 8.59. The van der Waals surface area contributed by atoms with Crippen molar-refractivity contribution in [1.82, 2.24) is 5.32 Å². The van der Waals surface area contributed by atoms with Crippen LogP contribution in [0, 0.1) is 5.92 Å². The van der Waals surface area contributed by atoms with Gasteiger partial charge in [-0.2, -0.15) is 0 Å². The van der Waals surface area contributed by atoms with Crippen LogP contribution in [0.1, 0.15) is 6.92 Å². The summed E-state index contributed by atoms with van der Waals surface area (Å²) in [5, 5.41) is 12.2. The Morgan fingerprint density at radius 1 is 1.64 bits per heavy atom. The first-order valence-electron chi connectivity index (χ1n) is 2.78. The molecule has 1 unspecified atom stereocenters. The average Bonchev–Trinajstić information content (AvgIpc) is 1.82. The van der Waals surface area contributed by atoms with Crippen LogP contribution < -0.4 is 45.7 Å². The number of hydrogen-bond acceptors (Lipinski definition) is 3. The van der Waals surface area contributed by atoms with Gasteiger partial charge in [0.2, 0.25) is 0 Å². The van der Waals surface area contributed by atoms with E-state index in [2.05, 4.69) is 11.1 Å². The molecule has 3 N–H and O–H groups in total. The normalized spacial score (nSPS) is 11.0. The maximum atomic E-state index is 10.0. The van der Waals surface area contributed by atoms with Gasteiger partial charge in [0.1, 0.15) is 0 Å². The Morgan fingerprint density at radius 2 is 2.09 bits per heavy atom. The molecular formula is C5H9N2NaO3. The Balaban J connectivity index is 0. The molecule has 0 aromatic carbocycles. The summed E-state index contributed by atoms with van der Waals surface area (Å²) in [6.45, 7) is 1.43. The van der Waals surface area contributed by atoms with E-state index in [-0.39, 0.29) is 36.1 Å². The number of primary amides is 1. The van der Waals surface area contributed by atoms with Gasteiger partial charge >= 0.3 is 35.6 Å². The van der Waals surface area contributed by atoms with Gasteiger partial charge in [0.05, 0.1) is 0 Å². The molecule has 0 aliphatic heterocycles. The number of nitrogens with one attached hydrogen (secondary N) is 1. The average molecular weight is 168 g/mol. The summed E-state index contributed by atoms with van der Waals surface area (Å²) in [5.41, 5.74) is 4.68. The van der Waals surface area contributed by atoms with E-state index in [1.807, 2.05) is 0 Å². The number of nitrogens with two attached hydrogens (primary N) is 1. The Labute approximate surface area is 86.6 Å². The molecule has 5 nitrogen and oxygen atoms in total. The summed E-state index contributed by atoms with van der Waals surface area (Å²) in [7, 11) is 0. The number of carbonyl (C=O) groups excluding carboxylic acids is 2. The molecule has 0 aliphatic rings. The van der Waals surface area contributed by atoms with Crippen molar-refractivity contribution in [1.29, 1.82) is 0 Å². The molecule has 0 radical (unpaired) electrons. The van der Waals surface area contributed by atoms with Crippen molar-refractivity contribution in [3.05, 3.63) is 0 Å². The van der Waals surface area contributed by atoms with Crippen molar-refractivity contribution >= 4 is 12.0 Å². The summed E-state index contributed by atoms with van der Waals surface area (Å²) in [4.78, 5) is 20.0. The van der Waals surface area contributed by atoms with E-state index in [4.69, 9.17) is 0 Å². The van der Waals surface area contributed by atoms with Crippen LogP contribution in [-0.2, 0) is 4.79 Å². The zero-order valence-electron chi connectivity index (χ0n) is 6.59. The first kappa shape index (κ1) is 13.3. The molecule has 0 aliphatic carbocycles. The SMILES string of the molecule is CC(CNC(N)=O)C(=O)[O-].[Na+]. The van der Waals surface area contributed by atoms with Gasteiger partial charge in [0, 0.05) is 18.4 Å². The Kier molecular flexibility index (Phi) is 7.82. The molecule has 1 atom stereocenters. The maximum absolute atomic E-state index is 10.0. The van der Waals surface area contributed by atoms with Crippen molar-refractivity contribution in [2.75, 3.05) is 6.54 Å². The zero-order chi connectivity index (χ0) is 8.15. The number of carboxylic acids is 1. The Hall–Kier alpha value is -0.260. The fourth-order valence-electron chi connectivity index (χ4n) is 0.337. The van der Waals surface area contributed by atoms with Crippen molar-refractivity contribution in [2.24, 2.45) is 11.7 Å². The van der Waals surface area contributed by atoms with E-state index in [1.54, 1.807) is 0 Å². The van der Waals surface area contributed by atoms with Crippen molar-refractivity contribution < 1.29 is 44.3 Å². The predicted octanol–water partition coefficient (Wildman–Crippen LogP) is -4.96. The quantitative estimate of drug-likeness (QED) is 0.413. The molecule has 0 rings (SSSR count). The Morgan fingerprint density at radius 3 is 2.36 bits per heavy atom. The summed E-state index contributed by atoms with van der Waals surface area (Å²) in [6.07, 6.45) is 0. The number of rotatable bonds is 3. The van der Waals surface area contributed by atoms with E-state index in [0.717, 1.165) is 0 Å². The van der Waals surface area contributed by atoms with E-state index >= 15 is 0 Å². The van der Waals surface area contributed by atoms with Crippen LogP contribution in [0.5, 0.6) is 0 Å². The van der Waals surface area contributed by atoms with Crippen LogP contribution in [0.3, 0.4) is 0 Å². The second-order valence-electron chi connectivity index (χ2n) is 1.97. The fourth-order valence-corrected chi connectivity index (χ4v) is 0.337. The van der Waals surface area contributed by atoms with Gasteiger partial charge in [0.15, 0.2) is 0 Å². The first-order valence-corrected chi connectivity index (χ1v) is 2.78. The molecule has 0 spiro atoms. The van der Waals surface area contributed by atoms with Gasteiger partial charge in [-0.05, 0) is 0 Å². The second-order valence-corrected chi connectivity index (χ2v) is 1.97. The van der Waals surface area contributed by atoms with Crippen molar-refractivity contribution in [3.8, 4) is 0 Å². The van der Waals surface area contributed by atoms with Gasteiger partial charge in [-0.25, -0.2) is 4.79 Å². The van der Waals surface area contributed by atoms with E-state index < -0.39 is 17.9 Å². The molecule has 0 saturated carbocycles. The van der Waals surface area contributed by atoms with Gasteiger partial charge in [0.25, 0.3) is 0 Å². The largest absolute Gasteiger partial charge is 1.00 e. The number of hydrogen-bond donors (Lipinski definition) is 2. The molecule has 0 bridgehead atoms. The molecule has 0 fully saturated rings. The van der Waals surface area contributed by atoms with Crippen LogP contribution in [0.2, 0.25) is 0 Å². The monoisotopic (exact) mass is 168 g/mol. The number of carboxylic acid groups (broad SMARTS) is 1. The molecule has 0 aromatic rings. The molecule has 58 valence electrons. The number of urea groups is 1. The third-order valence-electron chi connectivity index (χ3n) is 0.985. The molecular weight excluding hydrogens is 159 g/mol. The minimum atomic E-state index is -1.20. The molecule has 2 amide bonds. The third-order valence-corrected chi connectivity index (χ3v) is 0.985. The summed E-state index contributed by atoms with van der Waals surface area (Å²) >= 11 is 0. The van der Waals surface area contributed by atoms with Gasteiger partial charge in [-0.3, -0.25) is 0 Å². The van der Waals surface area contributed by atoms with Crippen LogP contribution >= 0.6 is 0 Å². The smallest absolute Gasteiger partial charge is 0.550 e. The van der Waals surface area contributed by atoms with Gasteiger partial charge < -0.3 is 21.0 Å². The number of amides is 2. The van der Waals surface area contributed by atoms with Crippen LogP contribution in [0.15, 0.2) is 0 Å². The third kappa shape index (κ3) is 7.64. The van der Waals surface area contributed by atoms with Gasteiger partial charge in [-0.15, -0.1) is 0 Å². The summed E-state index contributed by atoms with van der Waals surface area (Å²) in [5.74, 6) is -1.90. The standard InChI is InChI=1S/C5H10N2O3.Na/c1-3(4(8)9)2-7-5(6)10;/h3H,2H2,1H3,(H,8,9)(H3,6,7,10);/q;+1/p-1. The summed E-state index contributed by atoms with van der Waals surface area (Å²) in [6, 6.07) is -0.729. The topological polar surface area (TPSA) is 95.2 Å². The van der Waals surface area contributed by atoms with Crippen molar-refractivity contribution in [3.63, 3.8) is 0 Å². The number of carbonyl (C=O) groups is 2. The molecule has 6 heteroatoms.